The number of halogens is 1. The van der Waals surface area contributed by atoms with Gasteiger partial charge in [0.05, 0.1) is 5.02 Å². The molecule has 3 N–H and O–H groups in total. The molecule has 0 aromatic heterocycles. The van der Waals surface area contributed by atoms with Crippen molar-refractivity contribution in [2.75, 3.05) is 18.5 Å². The molecule has 0 amide bonds. The largest absolute Gasteiger partial charge is 0.409 e. The summed E-state index contributed by atoms with van der Waals surface area (Å²) in [7, 11) is 2.03. The number of nitrogens with two attached hydrogens (primary N) is 1. The van der Waals surface area contributed by atoms with E-state index in [4.69, 9.17) is 22.5 Å². The molecule has 0 fully saturated rings. The standard InChI is InChI=1S/C13H20ClN3O/c1-4-9(2)8-17(3)10-5-6-11(12(14)7-10)13(15)16-18/h5-7,9,18H,4,8H2,1-3H3,(H2,15,16). The molecule has 1 aromatic rings. The summed E-state index contributed by atoms with van der Waals surface area (Å²) in [5, 5.41) is 12.1. The van der Waals surface area contributed by atoms with E-state index in [1.165, 1.54) is 0 Å². The Morgan fingerprint density at radius 3 is 2.72 bits per heavy atom. The fraction of sp³-hybridized carbons (Fsp3) is 0.462. The number of amidine groups is 1. The molecule has 0 aliphatic carbocycles. The predicted octanol–water partition coefficient (Wildman–Crippen LogP) is 2.92. The summed E-state index contributed by atoms with van der Waals surface area (Å²) in [5.74, 6) is 0.647. The number of anilines is 1. The van der Waals surface area contributed by atoms with Gasteiger partial charge >= 0.3 is 0 Å². The molecule has 5 heteroatoms. The third-order valence-corrected chi connectivity index (χ3v) is 3.37. The van der Waals surface area contributed by atoms with Crippen LogP contribution < -0.4 is 10.6 Å². The number of hydrogen-bond donors (Lipinski definition) is 2. The molecule has 4 nitrogen and oxygen atoms in total. The van der Waals surface area contributed by atoms with Gasteiger partial charge in [-0.1, -0.05) is 37.0 Å². The molecule has 1 aromatic carbocycles. The third-order valence-electron chi connectivity index (χ3n) is 3.06. The summed E-state index contributed by atoms with van der Waals surface area (Å²) in [6.07, 6.45) is 1.14. The number of oxime groups is 1. The van der Waals surface area contributed by atoms with E-state index in [0.717, 1.165) is 18.7 Å². The second-order valence-electron chi connectivity index (χ2n) is 4.54. The molecule has 100 valence electrons. The van der Waals surface area contributed by atoms with Gasteiger partial charge in [-0.05, 0) is 24.1 Å². The lowest BCUT2D eigenvalue weighted by molar-refractivity contribution is 0.318. The second-order valence-corrected chi connectivity index (χ2v) is 4.95. The summed E-state index contributed by atoms with van der Waals surface area (Å²) in [6.45, 7) is 5.35. The van der Waals surface area contributed by atoms with Crippen molar-refractivity contribution >= 4 is 23.1 Å². The van der Waals surface area contributed by atoms with Crippen molar-refractivity contribution in [3.05, 3.63) is 28.8 Å². The lowest BCUT2D eigenvalue weighted by Gasteiger charge is -2.23. The van der Waals surface area contributed by atoms with Crippen LogP contribution in [0.5, 0.6) is 0 Å². The van der Waals surface area contributed by atoms with Gasteiger partial charge in [0, 0.05) is 24.8 Å². The Bertz CT molecular complexity index is 434. The van der Waals surface area contributed by atoms with Crippen molar-refractivity contribution < 1.29 is 5.21 Å². The highest BCUT2D eigenvalue weighted by molar-refractivity contribution is 6.34. The van der Waals surface area contributed by atoms with Crippen molar-refractivity contribution in [3.8, 4) is 0 Å². The zero-order valence-corrected chi connectivity index (χ0v) is 11.8. The van der Waals surface area contributed by atoms with Gasteiger partial charge in [-0.15, -0.1) is 0 Å². The number of nitrogens with zero attached hydrogens (tertiary/aromatic N) is 2. The molecule has 0 spiro atoms. The normalized spacial score (nSPS) is 13.4. The maximum atomic E-state index is 8.64. The van der Waals surface area contributed by atoms with Gasteiger partial charge in [0.1, 0.15) is 0 Å². The fourth-order valence-electron chi connectivity index (χ4n) is 1.71. The van der Waals surface area contributed by atoms with Crippen LogP contribution in [0.2, 0.25) is 5.02 Å². The first-order chi connectivity index (χ1) is 8.49. The monoisotopic (exact) mass is 269 g/mol. The van der Waals surface area contributed by atoms with Crippen molar-refractivity contribution in [2.24, 2.45) is 16.8 Å². The molecule has 18 heavy (non-hydrogen) atoms. The summed E-state index contributed by atoms with van der Waals surface area (Å²) < 4.78 is 0. The van der Waals surface area contributed by atoms with E-state index in [1.54, 1.807) is 6.07 Å². The van der Waals surface area contributed by atoms with Crippen LogP contribution in [0, 0.1) is 5.92 Å². The predicted molar refractivity (Wildman–Crippen MR) is 76.7 cm³/mol. The smallest absolute Gasteiger partial charge is 0.171 e. The Morgan fingerprint density at radius 2 is 2.22 bits per heavy atom. The van der Waals surface area contributed by atoms with E-state index in [0.29, 0.717) is 16.5 Å². The number of rotatable bonds is 5. The van der Waals surface area contributed by atoms with Gasteiger partial charge < -0.3 is 15.8 Å². The topological polar surface area (TPSA) is 61.8 Å². The molecule has 0 aliphatic heterocycles. The van der Waals surface area contributed by atoms with Crippen LogP contribution in [0.3, 0.4) is 0 Å². The fourth-order valence-corrected chi connectivity index (χ4v) is 1.98. The van der Waals surface area contributed by atoms with Gasteiger partial charge in [0.25, 0.3) is 0 Å². The van der Waals surface area contributed by atoms with E-state index >= 15 is 0 Å². The van der Waals surface area contributed by atoms with Crippen LogP contribution in [0.4, 0.5) is 5.69 Å². The molecule has 0 heterocycles. The Balaban J connectivity index is 2.90. The summed E-state index contributed by atoms with van der Waals surface area (Å²) in [5.41, 5.74) is 7.09. The summed E-state index contributed by atoms with van der Waals surface area (Å²) in [6, 6.07) is 5.51. The SMILES string of the molecule is CCC(C)CN(C)c1ccc(C(N)=NO)c(Cl)c1. The van der Waals surface area contributed by atoms with Crippen molar-refractivity contribution in [2.45, 2.75) is 20.3 Å². The van der Waals surface area contributed by atoms with Crippen molar-refractivity contribution in [1.82, 2.24) is 0 Å². The number of hydrogen-bond acceptors (Lipinski definition) is 3. The molecular formula is C13H20ClN3O. The minimum absolute atomic E-state index is 0.0242. The van der Waals surface area contributed by atoms with Crippen LogP contribution in [0.15, 0.2) is 23.4 Å². The lowest BCUT2D eigenvalue weighted by atomic mass is 10.1. The number of benzene rings is 1. The molecule has 0 saturated carbocycles. The quantitative estimate of drug-likeness (QED) is 0.374. The lowest BCUT2D eigenvalue weighted by Crippen LogP contribution is -2.23. The zero-order valence-electron chi connectivity index (χ0n) is 11.0. The molecule has 0 saturated heterocycles. The van der Waals surface area contributed by atoms with E-state index in [1.807, 2.05) is 19.2 Å². The van der Waals surface area contributed by atoms with Gasteiger partial charge in [-0.2, -0.15) is 0 Å². The van der Waals surface area contributed by atoms with Crippen LogP contribution in [-0.2, 0) is 0 Å². The highest BCUT2D eigenvalue weighted by Crippen LogP contribution is 2.23. The Labute approximate surface area is 113 Å². The maximum absolute atomic E-state index is 8.64. The molecule has 0 aliphatic rings. The first-order valence-corrected chi connectivity index (χ1v) is 6.36. The van der Waals surface area contributed by atoms with Gasteiger partial charge in [-0.25, -0.2) is 0 Å². The zero-order chi connectivity index (χ0) is 13.7. The Hall–Kier alpha value is -1.42. The van der Waals surface area contributed by atoms with Crippen LogP contribution in [0.1, 0.15) is 25.8 Å². The van der Waals surface area contributed by atoms with Crippen LogP contribution >= 0.6 is 11.6 Å². The van der Waals surface area contributed by atoms with Gasteiger partial charge in [0.2, 0.25) is 0 Å². The molecule has 1 rings (SSSR count). The molecule has 1 atom stereocenters. The first kappa shape index (κ1) is 14.6. The third kappa shape index (κ3) is 3.53. The minimum atomic E-state index is 0.0242. The highest BCUT2D eigenvalue weighted by atomic mass is 35.5. The van der Waals surface area contributed by atoms with Crippen molar-refractivity contribution in [1.29, 1.82) is 0 Å². The summed E-state index contributed by atoms with van der Waals surface area (Å²) in [4.78, 5) is 2.15. The van der Waals surface area contributed by atoms with Gasteiger partial charge in [-0.3, -0.25) is 0 Å². The first-order valence-electron chi connectivity index (χ1n) is 5.98. The molecule has 0 radical (unpaired) electrons. The molecule has 1 unspecified atom stereocenters. The Kier molecular flexibility index (Phi) is 5.28. The minimum Gasteiger partial charge on any atom is -0.409 e. The van der Waals surface area contributed by atoms with Crippen LogP contribution in [-0.4, -0.2) is 24.6 Å². The van der Waals surface area contributed by atoms with Crippen LogP contribution in [0.25, 0.3) is 0 Å². The maximum Gasteiger partial charge on any atom is 0.171 e. The van der Waals surface area contributed by atoms with E-state index < -0.39 is 0 Å². The summed E-state index contributed by atoms with van der Waals surface area (Å²) >= 11 is 6.12. The molecule has 0 bridgehead atoms. The highest BCUT2D eigenvalue weighted by Gasteiger charge is 2.10. The average Bonchev–Trinajstić information content (AvgIpc) is 2.37. The average molecular weight is 270 g/mol. The van der Waals surface area contributed by atoms with E-state index in [9.17, 15) is 0 Å². The van der Waals surface area contributed by atoms with E-state index in [2.05, 4.69) is 23.9 Å². The Morgan fingerprint density at radius 1 is 1.56 bits per heavy atom. The molecular weight excluding hydrogens is 250 g/mol. The van der Waals surface area contributed by atoms with Gasteiger partial charge in [0.15, 0.2) is 5.84 Å². The second kappa shape index (κ2) is 6.50. The van der Waals surface area contributed by atoms with Crippen molar-refractivity contribution in [3.63, 3.8) is 0 Å². The van der Waals surface area contributed by atoms with E-state index in [-0.39, 0.29) is 5.84 Å².